The summed E-state index contributed by atoms with van der Waals surface area (Å²) in [7, 11) is 1.68. The van der Waals surface area contributed by atoms with Crippen LogP contribution in [-0.2, 0) is 11.3 Å². The van der Waals surface area contributed by atoms with Gasteiger partial charge in [-0.05, 0) is 32.9 Å². The van der Waals surface area contributed by atoms with E-state index < -0.39 is 0 Å². The van der Waals surface area contributed by atoms with E-state index in [9.17, 15) is 4.79 Å². The number of aromatic nitrogens is 2. The fraction of sp³-hybridized carbons (Fsp3) is 0.462. The number of aromatic amines is 1. The van der Waals surface area contributed by atoms with Gasteiger partial charge in [-0.3, -0.25) is 4.79 Å². The van der Waals surface area contributed by atoms with E-state index in [0.717, 1.165) is 11.1 Å². The van der Waals surface area contributed by atoms with E-state index in [2.05, 4.69) is 4.98 Å². The van der Waals surface area contributed by atoms with Crippen LogP contribution in [0.2, 0.25) is 0 Å². The molecule has 2 aromatic rings. The van der Waals surface area contributed by atoms with Crippen molar-refractivity contribution in [1.82, 2.24) is 9.55 Å². The second-order valence-electron chi connectivity index (χ2n) is 4.99. The topological polar surface area (TPSA) is 47.0 Å². The van der Waals surface area contributed by atoms with E-state index in [-0.39, 0.29) is 11.2 Å². The van der Waals surface area contributed by atoms with Crippen LogP contribution in [0.15, 0.2) is 23.1 Å². The first-order valence-corrected chi connectivity index (χ1v) is 5.67. The third kappa shape index (κ3) is 2.26. The molecule has 0 saturated carbocycles. The molecular weight excluding hydrogens is 216 g/mol. The van der Waals surface area contributed by atoms with Crippen LogP contribution in [0, 0.1) is 6.92 Å². The Bertz CT molecular complexity index is 593. The Hall–Kier alpha value is -1.55. The summed E-state index contributed by atoms with van der Waals surface area (Å²) >= 11 is 0. The van der Waals surface area contributed by atoms with Gasteiger partial charge in [0, 0.05) is 24.4 Å². The molecule has 0 saturated heterocycles. The Morgan fingerprint density at radius 2 is 2.18 bits per heavy atom. The van der Waals surface area contributed by atoms with Gasteiger partial charge in [0.1, 0.15) is 5.52 Å². The summed E-state index contributed by atoms with van der Waals surface area (Å²) in [5.74, 6) is 0. The van der Waals surface area contributed by atoms with Crippen molar-refractivity contribution in [1.29, 1.82) is 0 Å². The second-order valence-corrected chi connectivity index (χ2v) is 4.99. The molecule has 0 aromatic carbocycles. The molecule has 0 unspecified atom stereocenters. The maximum atomic E-state index is 11.9. The highest BCUT2D eigenvalue weighted by Crippen LogP contribution is 2.17. The SMILES string of the molecule is COC(C)(C)Cn1ccc2cc(C)[nH]c(=O)c21. The molecule has 0 amide bonds. The fourth-order valence-electron chi connectivity index (χ4n) is 1.98. The zero-order chi connectivity index (χ0) is 12.6. The number of nitrogens with zero attached hydrogens (tertiary/aromatic N) is 1. The predicted molar refractivity (Wildman–Crippen MR) is 68.4 cm³/mol. The zero-order valence-electron chi connectivity index (χ0n) is 10.7. The minimum atomic E-state index is -0.288. The Morgan fingerprint density at radius 1 is 1.47 bits per heavy atom. The molecule has 92 valence electrons. The number of rotatable bonds is 3. The molecule has 2 heterocycles. The Kier molecular flexibility index (Phi) is 2.83. The lowest BCUT2D eigenvalue weighted by molar-refractivity contribution is 0.00910. The fourth-order valence-corrected chi connectivity index (χ4v) is 1.98. The van der Waals surface area contributed by atoms with Crippen LogP contribution in [0.3, 0.4) is 0 Å². The average molecular weight is 234 g/mol. The van der Waals surface area contributed by atoms with E-state index in [1.54, 1.807) is 7.11 Å². The van der Waals surface area contributed by atoms with Crippen LogP contribution < -0.4 is 5.56 Å². The van der Waals surface area contributed by atoms with E-state index >= 15 is 0 Å². The molecule has 0 fully saturated rings. The Labute approximate surface area is 100 Å². The average Bonchev–Trinajstić information content (AvgIpc) is 2.60. The molecular formula is C13H18N2O2. The van der Waals surface area contributed by atoms with Crippen molar-refractivity contribution in [2.24, 2.45) is 0 Å². The van der Waals surface area contributed by atoms with Crippen LogP contribution in [0.5, 0.6) is 0 Å². The molecule has 0 aliphatic carbocycles. The second kappa shape index (κ2) is 4.04. The van der Waals surface area contributed by atoms with Crippen molar-refractivity contribution in [2.45, 2.75) is 32.9 Å². The van der Waals surface area contributed by atoms with Gasteiger partial charge in [-0.15, -0.1) is 0 Å². The Balaban J connectivity index is 2.54. The maximum Gasteiger partial charge on any atom is 0.272 e. The van der Waals surface area contributed by atoms with Gasteiger partial charge < -0.3 is 14.3 Å². The molecule has 0 aliphatic heterocycles. The van der Waals surface area contributed by atoms with E-state index in [1.165, 1.54) is 0 Å². The smallest absolute Gasteiger partial charge is 0.272 e. The maximum absolute atomic E-state index is 11.9. The molecule has 4 nitrogen and oxygen atoms in total. The number of fused-ring (bicyclic) bond motifs is 1. The molecule has 0 aliphatic rings. The monoisotopic (exact) mass is 234 g/mol. The lowest BCUT2D eigenvalue weighted by Crippen LogP contribution is -2.29. The summed E-state index contributed by atoms with van der Waals surface area (Å²) in [6, 6.07) is 3.94. The quantitative estimate of drug-likeness (QED) is 0.883. The molecule has 4 heteroatoms. The minimum Gasteiger partial charge on any atom is -0.377 e. The highest BCUT2D eigenvalue weighted by molar-refractivity contribution is 5.79. The molecule has 2 rings (SSSR count). The van der Waals surface area contributed by atoms with Gasteiger partial charge in [-0.2, -0.15) is 0 Å². The number of aryl methyl sites for hydroxylation is 1. The van der Waals surface area contributed by atoms with Crippen molar-refractivity contribution in [3.8, 4) is 0 Å². The van der Waals surface area contributed by atoms with Gasteiger partial charge in [0.05, 0.1) is 12.1 Å². The van der Waals surface area contributed by atoms with Crippen LogP contribution in [0.4, 0.5) is 0 Å². The predicted octanol–water partition coefficient (Wildman–Crippen LogP) is 2.06. The van der Waals surface area contributed by atoms with Crippen LogP contribution in [0.1, 0.15) is 19.5 Å². The third-order valence-electron chi connectivity index (χ3n) is 3.00. The van der Waals surface area contributed by atoms with Gasteiger partial charge in [0.15, 0.2) is 0 Å². The highest BCUT2D eigenvalue weighted by Gasteiger charge is 2.18. The standard InChI is InChI=1S/C13H18N2O2/c1-9-7-10-5-6-15(8-13(2,3)17-4)11(10)12(16)14-9/h5-7H,8H2,1-4H3,(H,14,16). The zero-order valence-corrected chi connectivity index (χ0v) is 10.7. The first kappa shape index (κ1) is 11.9. The lowest BCUT2D eigenvalue weighted by Gasteiger charge is -2.23. The number of hydrogen-bond donors (Lipinski definition) is 1. The number of methoxy groups -OCH3 is 1. The first-order valence-electron chi connectivity index (χ1n) is 5.67. The molecule has 0 bridgehead atoms. The largest absolute Gasteiger partial charge is 0.377 e. The van der Waals surface area contributed by atoms with Crippen molar-refractivity contribution in [2.75, 3.05) is 7.11 Å². The van der Waals surface area contributed by atoms with Crippen molar-refractivity contribution >= 4 is 10.9 Å². The summed E-state index contributed by atoms with van der Waals surface area (Å²) in [4.78, 5) is 14.8. The minimum absolute atomic E-state index is 0.0445. The van der Waals surface area contributed by atoms with Gasteiger partial charge in [-0.1, -0.05) is 0 Å². The number of pyridine rings is 1. The summed E-state index contributed by atoms with van der Waals surface area (Å²) in [6.07, 6.45) is 1.93. The van der Waals surface area contributed by atoms with E-state index in [0.29, 0.717) is 12.1 Å². The van der Waals surface area contributed by atoms with Crippen LogP contribution >= 0.6 is 0 Å². The number of nitrogens with one attached hydrogen (secondary N) is 1. The number of ether oxygens (including phenoxy) is 1. The summed E-state index contributed by atoms with van der Waals surface area (Å²) in [5.41, 5.74) is 1.26. The van der Waals surface area contributed by atoms with E-state index in [4.69, 9.17) is 4.74 Å². The normalized spacial score (nSPS) is 12.2. The van der Waals surface area contributed by atoms with Crippen molar-refractivity contribution in [3.05, 3.63) is 34.4 Å². The summed E-state index contributed by atoms with van der Waals surface area (Å²) < 4.78 is 7.33. The summed E-state index contributed by atoms with van der Waals surface area (Å²) in [6.45, 7) is 6.54. The molecule has 2 aromatic heterocycles. The van der Waals surface area contributed by atoms with Gasteiger partial charge in [-0.25, -0.2) is 0 Å². The molecule has 0 atom stereocenters. The van der Waals surface area contributed by atoms with Gasteiger partial charge >= 0.3 is 0 Å². The molecule has 1 N–H and O–H groups in total. The Morgan fingerprint density at radius 3 is 2.82 bits per heavy atom. The third-order valence-corrected chi connectivity index (χ3v) is 3.00. The summed E-state index contributed by atoms with van der Waals surface area (Å²) in [5, 5.41) is 0.971. The van der Waals surface area contributed by atoms with Crippen LogP contribution in [0.25, 0.3) is 10.9 Å². The van der Waals surface area contributed by atoms with Gasteiger partial charge in [0.25, 0.3) is 5.56 Å². The van der Waals surface area contributed by atoms with Gasteiger partial charge in [0.2, 0.25) is 0 Å². The number of hydrogen-bond acceptors (Lipinski definition) is 2. The lowest BCUT2D eigenvalue weighted by atomic mass is 10.1. The molecule has 17 heavy (non-hydrogen) atoms. The van der Waals surface area contributed by atoms with Crippen LogP contribution in [-0.4, -0.2) is 22.3 Å². The first-order chi connectivity index (χ1) is 7.93. The van der Waals surface area contributed by atoms with E-state index in [1.807, 2.05) is 43.7 Å². The highest BCUT2D eigenvalue weighted by atomic mass is 16.5. The molecule has 0 spiro atoms. The number of H-pyrrole nitrogens is 1. The van der Waals surface area contributed by atoms with Crippen molar-refractivity contribution < 1.29 is 4.74 Å². The van der Waals surface area contributed by atoms with Crippen molar-refractivity contribution in [3.63, 3.8) is 0 Å². The molecule has 0 radical (unpaired) electrons.